The molecule has 1 aliphatic carbocycles. The summed E-state index contributed by atoms with van der Waals surface area (Å²) < 4.78 is 10.9. The lowest BCUT2D eigenvalue weighted by atomic mass is 10.0. The Bertz CT molecular complexity index is 524. The minimum atomic E-state index is 0.226. The molecule has 1 amide bonds. The van der Waals surface area contributed by atoms with Gasteiger partial charge in [-0.25, -0.2) is 0 Å². The lowest BCUT2D eigenvalue weighted by Gasteiger charge is -2.37. The maximum Gasteiger partial charge on any atom is 0.236 e. The van der Waals surface area contributed by atoms with Crippen molar-refractivity contribution in [3.63, 3.8) is 0 Å². The fourth-order valence-electron chi connectivity index (χ4n) is 3.95. The molecule has 3 rings (SSSR count). The Morgan fingerprint density at radius 1 is 1.11 bits per heavy atom. The maximum atomic E-state index is 12.4. The number of nitrogens with one attached hydrogen (secondary N) is 1. The Hall–Kier alpha value is -1.38. The minimum absolute atomic E-state index is 0.226. The molecule has 160 valence electrons. The molecule has 0 aromatic rings. The molecule has 0 atom stereocenters. The normalized spacial score (nSPS) is 23.0. The lowest BCUT2D eigenvalue weighted by Crippen LogP contribution is -2.55. The highest BCUT2D eigenvalue weighted by Crippen LogP contribution is 2.48. The van der Waals surface area contributed by atoms with Gasteiger partial charge in [-0.15, -0.1) is 0 Å². The predicted molar refractivity (Wildman–Crippen MR) is 110 cm³/mol. The van der Waals surface area contributed by atoms with Crippen molar-refractivity contribution in [2.24, 2.45) is 10.4 Å². The van der Waals surface area contributed by atoms with Crippen LogP contribution >= 0.6 is 0 Å². The van der Waals surface area contributed by atoms with Crippen LogP contribution in [0.2, 0.25) is 0 Å². The summed E-state index contributed by atoms with van der Waals surface area (Å²) in [5.74, 6) is 1.21. The van der Waals surface area contributed by atoms with Crippen molar-refractivity contribution in [2.75, 3.05) is 85.8 Å². The fourth-order valence-corrected chi connectivity index (χ4v) is 3.95. The third-order valence-electron chi connectivity index (χ3n) is 6.17. The number of hydrogen-bond donors (Lipinski definition) is 1. The van der Waals surface area contributed by atoms with E-state index >= 15 is 0 Å². The van der Waals surface area contributed by atoms with Gasteiger partial charge in [0.1, 0.15) is 0 Å². The third kappa shape index (κ3) is 6.06. The Morgan fingerprint density at radius 2 is 1.82 bits per heavy atom. The SMILES string of the molecule is CCOCCC1(CNC(=NC)N2CCN(CC(=O)N3CCOCC3)CC2)CC1. The van der Waals surface area contributed by atoms with Crippen LogP contribution in [0.1, 0.15) is 26.2 Å². The number of rotatable bonds is 8. The monoisotopic (exact) mass is 395 g/mol. The fraction of sp³-hybridized carbons (Fsp3) is 0.900. The van der Waals surface area contributed by atoms with Gasteiger partial charge < -0.3 is 24.6 Å². The van der Waals surface area contributed by atoms with Crippen LogP contribution in [0.15, 0.2) is 4.99 Å². The summed E-state index contributed by atoms with van der Waals surface area (Å²) in [5, 5.41) is 3.59. The van der Waals surface area contributed by atoms with Crippen molar-refractivity contribution < 1.29 is 14.3 Å². The summed E-state index contributed by atoms with van der Waals surface area (Å²) >= 11 is 0. The molecule has 0 unspecified atom stereocenters. The van der Waals surface area contributed by atoms with Crippen LogP contribution in [-0.4, -0.2) is 112 Å². The first-order chi connectivity index (χ1) is 13.7. The molecular weight excluding hydrogens is 358 g/mol. The molecule has 8 nitrogen and oxygen atoms in total. The van der Waals surface area contributed by atoms with E-state index in [9.17, 15) is 4.79 Å². The van der Waals surface area contributed by atoms with E-state index in [4.69, 9.17) is 9.47 Å². The van der Waals surface area contributed by atoms with Crippen molar-refractivity contribution in [1.29, 1.82) is 0 Å². The molecule has 0 aromatic heterocycles. The molecule has 0 aromatic carbocycles. The number of aliphatic imine (C=N–C) groups is 1. The van der Waals surface area contributed by atoms with Crippen molar-refractivity contribution >= 4 is 11.9 Å². The Kier molecular flexibility index (Phi) is 7.93. The van der Waals surface area contributed by atoms with E-state index in [1.54, 1.807) is 0 Å². The molecule has 0 radical (unpaired) electrons. The number of carbonyl (C=O) groups excluding carboxylic acids is 1. The smallest absolute Gasteiger partial charge is 0.236 e. The van der Waals surface area contributed by atoms with Crippen molar-refractivity contribution in [1.82, 2.24) is 20.0 Å². The number of guanidine groups is 1. The molecule has 0 bridgehead atoms. The first kappa shape index (κ1) is 21.3. The van der Waals surface area contributed by atoms with E-state index in [1.165, 1.54) is 12.8 Å². The first-order valence-corrected chi connectivity index (χ1v) is 10.8. The molecule has 2 heterocycles. The number of amides is 1. The van der Waals surface area contributed by atoms with E-state index in [0.29, 0.717) is 25.2 Å². The molecule has 3 fully saturated rings. The number of nitrogens with zero attached hydrogens (tertiary/aromatic N) is 4. The average molecular weight is 396 g/mol. The van der Waals surface area contributed by atoms with Crippen molar-refractivity contribution in [2.45, 2.75) is 26.2 Å². The minimum Gasteiger partial charge on any atom is -0.382 e. The zero-order valence-electron chi connectivity index (χ0n) is 17.6. The average Bonchev–Trinajstić information content (AvgIpc) is 3.50. The zero-order chi connectivity index (χ0) is 19.8. The van der Waals surface area contributed by atoms with Gasteiger partial charge in [-0.3, -0.25) is 14.7 Å². The van der Waals surface area contributed by atoms with Crippen molar-refractivity contribution in [3.05, 3.63) is 0 Å². The van der Waals surface area contributed by atoms with Gasteiger partial charge in [0.25, 0.3) is 0 Å². The quantitative estimate of drug-likeness (QED) is 0.361. The van der Waals surface area contributed by atoms with Crippen LogP contribution in [-0.2, 0) is 14.3 Å². The first-order valence-electron chi connectivity index (χ1n) is 10.8. The number of ether oxygens (including phenoxy) is 2. The van der Waals surface area contributed by atoms with Gasteiger partial charge in [0.2, 0.25) is 5.91 Å². The van der Waals surface area contributed by atoms with Gasteiger partial charge in [0.05, 0.1) is 19.8 Å². The van der Waals surface area contributed by atoms with Gasteiger partial charge in [-0.05, 0) is 31.6 Å². The number of hydrogen-bond acceptors (Lipinski definition) is 5. The van der Waals surface area contributed by atoms with Crippen LogP contribution in [0.3, 0.4) is 0 Å². The second kappa shape index (κ2) is 10.4. The topological polar surface area (TPSA) is 69.6 Å². The van der Waals surface area contributed by atoms with Crippen LogP contribution < -0.4 is 5.32 Å². The van der Waals surface area contributed by atoms with Gasteiger partial charge in [-0.1, -0.05) is 0 Å². The second-order valence-electron chi connectivity index (χ2n) is 8.10. The molecule has 8 heteroatoms. The summed E-state index contributed by atoms with van der Waals surface area (Å²) in [6.07, 6.45) is 3.69. The largest absolute Gasteiger partial charge is 0.382 e. The highest BCUT2D eigenvalue weighted by molar-refractivity contribution is 5.80. The van der Waals surface area contributed by atoms with E-state index in [-0.39, 0.29) is 5.91 Å². The van der Waals surface area contributed by atoms with E-state index in [2.05, 4.69) is 20.1 Å². The highest BCUT2D eigenvalue weighted by atomic mass is 16.5. The van der Waals surface area contributed by atoms with E-state index < -0.39 is 0 Å². The zero-order valence-corrected chi connectivity index (χ0v) is 17.6. The van der Waals surface area contributed by atoms with Crippen LogP contribution in [0, 0.1) is 5.41 Å². The summed E-state index contributed by atoms with van der Waals surface area (Å²) in [4.78, 5) is 23.4. The second-order valence-corrected chi connectivity index (χ2v) is 8.10. The standard InChI is InChI=1S/C20H37N5O3/c1-3-27-13-6-20(4-5-20)17-22-19(21-2)25-9-7-23(8-10-25)16-18(26)24-11-14-28-15-12-24/h3-17H2,1-2H3,(H,21,22). The van der Waals surface area contributed by atoms with Gasteiger partial charge in [-0.2, -0.15) is 0 Å². The molecule has 3 aliphatic rings. The number of morpholine rings is 1. The maximum absolute atomic E-state index is 12.4. The Balaban J connectivity index is 1.37. The van der Waals surface area contributed by atoms with E-state index in [0.717, 1.165) is 71.4 Å². The Labute approximate surface area is 169 Å². The number of piperazine rings is 1. The Morgan fingerprint density at radius 3 is 2.43 bits per heavy atom. The molecule has 1 N–H and O–H groups in total. The summed E-state index contributed by atoms with van der Waals surface area (Å²) in [6.45, 7) is 11.6. The van der Waals surface area contributed by atoms with E-state index in [1.807, 2.05) is 18.9 Å². The van der Waals surface area contributed by atoms with Crippen LogP contribution in [0.5, 0.6) is 0 Å². The molecule has 2 saturated heterocycles. The number of carbonyl (C=O) groups is 1. The summed E-state index contributed by atoms with van der Waals surface area (Å²) in [7, 11) is 1.86. The summed E-state index contributed by atoms with van der Waals surface area (Å²) in [6, 6.07) is 0. The highest BCUT2D eigenvalue weighted by Gasteiger charge is 2.42. The molecule has 1 saturated carbocycles. The molecule has 0 spiro atoms. The van der Waals surface area contributed by atoms with Crippen molar-refractivity contribution in [3.8, 4) is 0 Å². The van der Waals surface area contributed by atoms with Gasteiger partial charge >= 0.3 is 0 Å². The van der Waals surface area contributed by atoms with Gasteiger partial charge in [0, 0.05) is 66.1 Å². The van der Waals surface area contributed by atoms with Crippen LogP contribution in [0.4, 0.5) is 0 Å². The van der Waals surface area contributed by atoms with Crippen LogP contribution in [0.25, 0.3) is 0 Å². The molecule has 28 heavy (non-hydrogen) atoms. The third-order valence-corrected chi connectivity index (χ3v) is 6.17. The molecular formula is C20H37N5O3. The molecule has 2 aliphatic heterocycles. The lowest BCUT2D eigenvalue weighted by molar-refractivity contribution is -0.136. The van der Waals surface area contributed by atoms with Gasteiger partial charge in [0.15, 0.2) is 5.96 Å². The summed E-state index contributed by atoms with van der Waals surface area (Å²) in [5.41, 5.74) is 0.400. The predicted octanol–water partition coefficient (Wildman–Crippen LogP) is 0.245.